The second kappa shape index (κ2) is 14.1. The molecule has 2 aromatic carbocycles. The topological polar surface area (TPSA) is 88.7 Å². The first kappa shape index (κ1) is 26.1. The first-order chi connectivity index (χ1) is 15.9. The molecule has 0 aliphatic heterocycles. The van der Waals surface area contributed by atoms with Crippen molar-refractivity contribution in [1.82, 2.24) is 16.2 Å². The van der Waals surface area contributed by atoms with Gasteiger partial charge in [0.15, 0.2) is 11.7 Å². The van der Waals surface area contributed by atoms with E-state index in [-0.39, 0.29) is 17.6 Å². The van der Waals surface area contributed by atoms with Crippen molar-refractivity contribution in [3.05, 3.63) is 59.2 Å². The molecule has 0 heterocycles. The molecule has 0 atom stereocenters. The summed E-state index contributed by atoms with van der Waals surface area (Å²) in [6, 6.07) is 12.5. The van der Waals surface area contributed by atoms with Gasteiger partial charge in [-0.05, 0) is 73.9 Å². The average Bonchev–Trinajstić information content (AvgIpc) is 2.81. The van der Waals surface area contributed by atoms with Crippen LogP contribution >= 0.6 is 12.2 Å². The minimum Gasteiger partial charge on any atom is -0.494 e. The predicted molar refractivity (Wildman–Crippen MR) is 133 cm³/mol. The van der Waals surface area contributed by atoms with Crippen molar-refractivity contribution in [2.45, 2.75) is 52.9 Å². The summed E-state index contributed by atoms with van der Waals surface area (Å²) >= 11 is 5.07. The van der Waals surface area contributed by atoms with Crippen LogP contribution in [0.5, 0.6) is 11.5 Å². The third kappa shape index (κ3) is 9.49. The average molecular weight is 472 g/mol. The molecular formula is C25H33N3O4S. The summed E-state index contributed by atoms with van der Waals surface area (Å²) in [7, 11) is 0. The minimum absolute atomic E-state index is 0.0208. The lowest BCUT2D eigenvalue weighted by atomic mass is 10.1. The number of amides is 2. The Morgan fingerprint density at radius 1 is 0.909 bits per heavy atom. The standard InChI is InChI=1S/C25H33N3O4S/c1-4-5-6-7-8-16-31-21-14-12-20(13-15-21)24(30)26-25(33)28-27-23(29)17-32-22-11-9-10-18(2)19(22)3/h9-15H,4-8,16-17H2,1-3H3,(H,27,29)(H2,26,28,30,33). The number of nitrogens with one attached hydrogen (secondary N) is 3. The number of hydrogen-bond acceptors (Lipinski definition) is 5. The van der Waals surface area contributed by atoms with Gasteiger partial charge < -0.3 is 9.47 Å². The van der Waals surface area contributed by atoms with E-state index < -0.39 is 5.91 Å². The summed E-state index contributed by atoms with van der Waals surface area (Å²) in [4.78, 5) is 24.3. The van der Waals surface area contributed by atoms with Crippen LogP contribution in [-0.4, -0.2) is 30.1 Å². The molecular weight excluding hydrogens is 438 g/mol. The smallest absolute Gasteiger partial charge is 0.276 e. The van der Waals surface area contributed by atoms with Crippen LogP contribution in [0.1, 0.15) is 60.5 Å². The molecule has 0 aliphatic rings. The molecule has 33 heavy (non-hydrogen) atoms. The van der Waals surface area contributed by atoms with Gasteiger partial charge in [-0.2, -0.15) is 0 Å². The maximum atomic E-state index is 12.3. The highest BCUT2D eigenvalue weighted by molar-refractivity contribution is 7.80. The Hall–Kier alpha value is -3.13. The van der Waals surface area contributed by atoms with E-state index in [1.54, 1.807) is 30.3 Å². The zero-order valence-electron chi connectivity index (χ0n) is 19.5. The van der Waals surface area contributed by atoms with Gasteiger partial charge in [-0.25, -0.2) is 0 Å². The van der Waals surface area contributed by atoms with Crippen molar-refractivity contribution >= 4 is 29.1 Å². The summed E-state index contributed by atoms with van der Waals surface area (Å²) in [6.45, 7) is 6.57. The molecule has 2 aromatic rings. The van der Waals surface area contributed by atoms with E-state index in [4.69, 9.17) is 21.7 Å². The quantitative estimate of drug-likeness (QED) is 0.256. The van der Waals surface area contributed by atoms with E-state index >= 15 is 0 Å². The molecule has 8 heteroatoms. The maximum absolute atomic E-state index is 12.3. The summed E-state index contributed by atoms with van der Waals surface area (Å²) in [5, 5.41) is 2.50. The van der Waals surface area contributed by atoms with E-state index in [0.29, 0.717) is 17.9 Å². The molecule has 2 amide bonds. The van der Waals surface area contributed by atoms with Gasteiger partial charge in [0.1, 0.15) is 11.5 Å². The zero-order valence-corrected chi connectivity index (χ0v) is 20.3. The molecule has 178 valence electrons. The number of ether oxygens (including phenoxy) is 2. The van der Waals surface area contributed by atoms with Gasteiger partial charge in [0.25, 0.3) is 11.8 Å². The van der Waals surface area contributed by atoms with Crippen molar-refractivity contribution in [1.29, 1.82) is 0 Å². The Morgan fingerprint density at radius 3 is 2.36 bits per heavy atom. The fourth-order valence-electron chi connectivity index (χ4n) is 2.99. The second-order valence-electron chi connectivity index (χ2n) is 7.73. The molecule has 0 fully saturated rings. The van der Waals surface area contributed by atoms with Gasteiger partial charge in [0.05, 0.1) is 6.61 Å². The Morgan fingerprint density at radius 2 is 1.64 bits per heavy atom. The summed E-state index contributed by atoms with van der Waals surface area (Å²) in [5.74, 6) is 0.548. The van der Waals surface area contributed by atoms with Crippen LogP contribution in [0.3, 0.4) is 0 Å². The fourth-order valence-corrected chi connectivity index (χ4v) is 3.13. The highest BCUT2D eigenvalue weighted by Gasteiger charge is 2.10. The Balaban J connectivity index is 1.68. The third-order valence-electron chi connectivity index (χ3n) is 5.09. The molecule has 0 bridgehead atoms. The third-order valence-corrected chi connectivity index (χ3v) is 5.29. The monoisotopic (exact) mass is 471 g/mol. The van der Waals surface area contributed by atoms with E-state index in [9.17, 15) is 9.59 Å². The summed E-state index contributed by atoms with van der Waals surface area (Å²) in [5.41, 5.74) is 7.39. The van der Waals surface area contributed by atoms with Crippen LogP contribution in [0.15, 0.2) is 42.5 Å². The molecule has 0 unspecified atom stereocenters. The number of hydrazine groups is 1. The maximum Gasteiger partial charge on any atom is 0.276 e. The highest BCUT2D eigenvalue weighted by atomic mass is 32.1. The first-order valence-electron chi connectivity index (χ1n) is 11.2. The number of carbonyl (C=O) groups is 2. The molecule has 3 N–H and O–H groups in total. The summed E-state index contributed by atoms with van der Waals surface area (Å²) < 4.78 is 11.2. The van der Waals surface area contributed by atoms with Crippen LogP contribution in [0.25, 0.3) is 0 Å². The van der Waals surface area contributed by atoms with Crippen LogP contribution < -0.4 is 25.6 Å². The van der Waals surface area contributed by atoms with Crippen molar-refractivity contribution in [3.63, 3.8) is 0 Å². The van der Waals surface area contributed by atoms with Gasteiger partial charge in [-0.15, -0.1) is 0 Å². The van der Waals surface area contributed by atoms with Gasteiger partial charge >= 0.3 is 0 Å². The van der Waals surface area contributed by atoms with Crippen LogP contribution in [-0.2, 0) is 4.79 Å². The van der Waals surface area contributed by atoms with Crippen LogP contribution in [0.4, 0.5) is 0 Å². The highest BCUT2D eigenvalue weighted by Crippen LogP contribution is 2.20. The molecule has 0 saturated carbocycles. The molecule has 0 radical (unpaired) electrons. The molecule has 0 aromatic heterocycles. The number of benzene rings is 2. The van der Waals surface area contributed by atoms with Crippen molar-refractivity contribution < 1.29 is 19.1 Å². The second-order valence-corrected chi connectivity index (χ2v) is 8.14. The van der Waals surface area contributed by atoms with E-state index in [0.717, 1.165) is 29.7 Å². The molecule has 0 spiro atoms. The molecule has 0 aliphatic carbocycles. The Bertz CT molecular complexity index is 932. The lowest BCUT2D eigenvalue weighted by Crippen LogP contribution is -2.49. The lowest BCUT2D eigenvalue weighted by molar-refractivity contribution is -0.123. The summed E-state index contributed by atoms with van der Waals surface area (Å²) in [6.07, 6.45) is 5.88. The van der Waals surface area contributed by atoms with E-state index in [1.165, 1.54) is 19.3 Å². The molecule has 2 rings (SSSR count). The zero-order chi connectivity index (χ0) is 24.1. The van der Waals surface area contributed by atoms with Gasteiger partial charge in [-0.3, -0.25) is 25.8 Å². The number of carbonyl (C=O) groups excluding carboxylic acids is 2. The van der Waals surface area contributed by atoms with Gasteiger partial charge in [0.2, 0.25) is 0 Å². The normalized spacial score (nSPS) is 10.3. The van der Waals surface area contributed by atoms with Crippen LogP contribution in [0.2, 0.25) is 0 Å². The molecule has 0 saturated heterocycles. The number of aryl methyl sites for hydroxylation is 1. The fraction of sp³-hybridized carbons (Fsp3) is 0.400. The van der Waals surface area contributed by atoms with Crippen LogP contribution in [0, 0.1) is 13.8 Å². The van der Waals surface area contributed by atoms with E-state index in [2.05, 4.69) is 23.1 Å². The molecule has 7 nitrogen and oxygen atoms in total. The minimum atomic E-state index is -0.427. The number of thiocarbonyl (C=S) groups is 1. The first-order valence-corrected chi connectivity index (χ1v) is 11.6. The number of hydrogen-bond donors (Lipinski definition) is 3. The van der Waals surface area contributed by atoms with Gasteiger partial charge in [0, 0.05) is 5.56 Å². The van der Waals surface area contributed by atoms with Crippen molar-refractivity contribution in [3.8, 4) is 11.5 Å². The number of rotatable bonds is 11. The Kier molecular flexibility index (Phi) is 11.2. The lowest BCUT2D eigenvalue weighted by Gasteiger charge is -2.13. The van der Waals surface area contributed by atoms with Crippen molar-refractivity contribution in [2.75, 3.05) is 13.2 Å². The van der Waals surface area contributed by atoms with E-state index in [1.807, 2.05) is 26.0 Å². The predicted octanol–water partition coefficient (Wildman–Crippen LogP) is 4.37. The largest absolute Gasteiger partial charge is 0.494 e. The SMILES string of the molecule is CCCCCCCOc1ccc(C(=O)NC(=S)NNC(=O)COc2cccc(C)c2C)cc1. The van der Waals surface area contributed by atoms with Crippen molar-refractivity contribution in [2.24, 2.45) is 0 Å². The Labute approximate surface area is 201 Å². The van der Waals surface area contributed by atoms with Gasteiger partial charge in [-0.1, -0.05) is 44.7 Å². The number of unbranched alkanes of at least 4 members (excludes halogenated alkanes) is 4.